The van der Waals surface area contributed by atoms with Crippen LogP contribution in [-0.2, 0) is 0 Å². The molecule has 0 spiro atoms. The lowest BCUT2D eigenvalue weighted by molar-refractivity contribution is 0.376. The van der Waals surface area contributed by atoms with Crippen LogP contribution in [0.2, 0.25) is 0 Å². The zero-order valence-electron chi connectivity index (χ0n) is 16.0. The average molecular weight is 394 g/mol. The van der Waals surface area contributed by atoms with Gasteiger partial charge in [0.15, 0.2) is 17.6 Å². The number of aryl methyl sites for hydroxylation is 1. The van der Waals surface area contributed by atoms with Crippen LogP contribution >= 0.6 is 0 Å². The predicted molar refractivity (Wildman–Crippen MR) is 110 cm³/mol. The molecule has 3 heterocycles. The number of fused-ring (bicyclic) bond motifs is 2. The van der Waals surface area contributed by atoms with Gasteiger partial charge < -0.3 is 0 Å². The third-order valence-electron chi connectivity index (χ3n) is 5.06. The molecule has 0 aliphatic carbocycles. The molecule has 3 aromatic heterocycles. The smallest absolute Gasteiger partial charge is 0.193 e. The van der Waals surface area contributed by atoms with Crippen LogP contribution in [-0.4, -0.2) is 24.8 Å². The molecule has 0 radical (unpaired) electrons. The van der Waals surface area contributed by atoms with E-state index in [9.17, 15) is 0 Å². The molecular weight excluding hydrogens is 379 g/mol. The molecule has 2 aromatic carbocycles. The van der Waals surface area contributed by atoms with Crippen LogP contribution in [0.4, 0.5) is 4.39 Å². The van der Waals surface area contributed by atoms with Crippen LogP contribution in [0, 0.1) is 18.3 Å². The maximum Gasteiger partial charge on any atom is 0.193 e. The first-order chi connectivity index (χ1) is 14.6. The van der Waals surface area contributed by atoms with Crippen molar-refractivity contribution in [2.45, 2.75) is 13.1 Å². The average Bonchev–Trinajstić information content (AvgIpc) is 3.21. The van der Waals surface area contributed by atoms with E-state index >= 15 is 4.39 Å². The molecule has 0 bridgehead atoms. The van der Waals surface area contributed by atoms with E-state index in [0.29, 0.717) is 22.5 Å². The van der Waals surface area contributed by atoms with Crippen LogP contribution in [0.1, 0.15) is 28.7 Å². The van der Waals surface area contributed by atoms with Gasteiger partial charge >= 0.3 is 0 Å². The number of hydrogen-bond acceptors (Lipinski definition) is 5. The molecule has 7 heteroatoms. The largest absolute Gasteiger partial charge is 0.256 e. The predicted octanol–water partition coefficient (Wildman–Crippen LogP) is 4.58. The molecule has 5 rings (SSSR count). The minimum absolute atomic E-state index is 0.106. The van der Waals surface area contributed by atoms with E-state index in [1.54, 1.807) is 42.6 Å². The van der Waals surface area contributed by atoms with E-state index in [-0.39, 0.29) is 5.82 Å². The Morgan fingerprint density at radius 1 is 1.03 bits per heavy atom. The Balaban J connectivity index is 1.62. The molecule has 30 heavy (non-hydrogen) atoms. The van der Waals surface area contributed by atoms with Gasteiger partial charge in [-0.3, -0.25) is 4.98 Å². The summed E-state index contributed by atoms with van der Waals surface area (Å²) in [6, 6.07) is 20.1. The summed E-state index contributed by atoms with van der Waals surface area (Å²) in [6.45, 7) is 1.85. The lowest BCUT2D eigenvalue weighted by Gasteiger charge is -2.12. The fourth-order valence-electron chi connectivity index (χ4n) is 3.52. The number of nitrogens with zero attached hydrogens (tertiary/aromatic N) is 6. The Labute approximate surface area is 171 Å². The van der Waals surface area contributed by atoms with Crippen molar-refractivity contribution in [1.29, 1.82) is 5.26 Å². The summed E-state index contributed by atoms with van der Waals surface area (Å²) in [6.07, 6.45) is 0.213. The molecule has 0 saturated carbocycles. The third kappa shape index (κ3) is 2.95. The highest BCUT2D eigenvalue weighted by Gasteiger charge is 2.23. The molecule has 0 aliphatic rings. The highest BCUT2D eigenvalue weighted by molar-refractivity contribution is 5.80. The van der Waals surface area contributed by atoms with Crippen LogP contribution in [0.15, 0.2) is 66.9 Å². The number of rotatable bonds is 3. The van der Waals surface area contributed by atoms with Crippen LogP contribution in [0.3, 0.4) is 0 Å². The molecule has 0 saturated heterocycles. The Hall–Kier alpha value is -4.18. The molecule has 5 aromatic rings. The lowest BCUT2D eigenvalue weighted by Crippen LogP contribution is -2.06. The van der Waals surface area contributed by atoms with Gasteiger partial charge in [0.25, 0.3) is 0 Å². The minimum Gasteiger partial charge on any atom is -0.256 e. The number of benzene rings is 2. The second-order valence-corrected chi connectivity index (χ2v) is 7.01. The second-order valence-electron chi connectivity index (χ2n) is 7.01. The molecular formula is C23H15FN6. The van der Waals surface area contributed by atoms with Crippen molar-refractivity contribution in [1.82, 2.24) is 24.8 Å². The van der Waals surface area contributed by atoms with Gasteiger partial charge in [0.05, 0.1) is 22.8 Å². The fourth-order valence-corrected chi connectivity index (χ4v) is 3.52. The Bertz CT molecular complexity index is 1450. The van der Waals surface area contributed by atoms with E-state index in [1.807, 2.05) is 31.2 Å². The van der Waals surface area contributed by atoms with Gasteiger partial charge in [0.1, 0.15) is 0 Å². The standard InChI is InChI=1S/C23H15FN6/c1-14-10-20-17(6-3-9-26-20)12-18(14)22(24)23-28-27-21-8-7-19(29-30(21)23)16-5-2-4-15(11-16)13-25/h2-12,22H,1H3. The number of alkyl halides is 1. The Morgan fingerprint density at radius 3 is 2.80 bits per heavy atom. The molecule has 0 amide bonds. The van der Waals surface area contributed by atoms with Crippen LogP contribution in [0.25, 0.3) is 27.8 Å². The number of halogens is 1. The Kier molecular flexibility index (Phi) is 4.18. The summed E-state index contributed by atoms with van der Waals surface area (Å²) in [5.41, 5.74) is 4.45. The topological polar surface area (TPSA) is 79.8 Å². The van der Waals surface area contributed by atoms with Gasteiger partial charge in [-0.1, -0.05) is 18.2 Å². The quantitative estimate of drug-likeness (QED) is 0.448. The zero-order valence-corrected chi connectivity index (χ0v) is 16.0. The zero-order chi connectivity index (χ0) is 20.7. The highest BCUT2D eigenvalue weighted by Crippen LogP contribution is 2.30. The molecule has 0 N–H and O–H groups in total. The van der Waals surface area contributed by atoms with Crippen molar-refractivity contribution in [2.75, 3.05) is 0 Å². The summed E-state index contributed by atoms with van der Waals surface area (Å²) < 4.78 is 17.1. The maximum absolute atomic E-state index is 15.6. The van der Waals surface area contributed by atoms with E-state index in [1.165, 1.54) is 4.52 Å². The highest BCUT2D eigenvalue weighted by atomic mass is 19.1. The van der Waals surface area contributed by atoms with E-state index in [0.717, 1.165) is 22.0 Å². The van der Waals surface area contributed by atoms with Gasteiger partial charge in [-0.15, -0.1) is 10.2 Å². The molecule has 1 unspecified atom stereocenters. The van der Waals surface area contributed by atoms with Crippen LogP contribution in [0.5, 0.6) is 0 Å². The van der Waals surface area contributed by atoms with Crippen molar-refractivity contribution < 1.29 is 4.39 Å². The number of aromatic nitrogens is 5. The van der Waals surface area contributed by atoms with Gasteiger partial charge in [0, 0.05) is 17.1 Å². The summed E-state index contributed by atoms with van der Waals surface area (Å²) in [4.78, 5) is 4.32. The fraction of sp³-hybridized carbons (Fsp3) is 0.0870. The first-order valence-electron chi connectivity index (χ1n) is 9.36. The molecule has 0 fully saturated rings. The van der Waals surface area contributed by atoms with Gasteiger partial charge in [-0.25, -0.2) is 4.39 Å². The Morgan fingerprint density at radius 2 is 1.93 bits per heavy atom. The molecule has 1 atom stereocenters. The van der Waals surface area contributed by atoms with Crippen molar-refractivity contribution in [2.24, 2.45) is 0 Å². The van der Waals surface area contributed by atoms with Crippen LogP contribution < -0.4 is 0 Å². The third-order valence-corrected chi connectivity index (χ3v) is 5.06. The van der Waals surface area contributed by atoms with E-state index in [2.05, 4.69) is 26.3 Å². The monoisotopic (exact) mass is 394 g/mol. The minimum atomic E-state index is -1.50. The van der Waals surface area contributed by atoms with Crippen molar-refractivity contribution >= 4 is 16.6 Å². The first-order valence-corrected chi connectivity index (χ1v) is 9.36. The maximum atomic E-state index is 15.6. The second kappa shape index (κ2) is 7.01. The van der Waals surface area contributed by atoms with Gasteiger partial charge in [-0.2, -0.15) is 14.9 Å². The van der Waals surface area contributed by atoms with Crippen molar-refractivity contribution in [3.8, 4) is 17.3 Å². The normalized spacial score (nSPS) is 12.2. The molecule has 0 aliphatic heterocycles. The first kappa shape index (κ1) is 17.9. The van der Waals surface area contributed by atoms with E-state index < -0.39 is 6.17 Å². The lowest BCUT2D eigenvalue weighted by atomic mass is 10.0. The summed E-state index contributed by atoms with van der Waals surface area (Å²) in [5, 5.41) is 22.7. The number of pyridine rings is 1. The van der Waals surface area contributed by atoms with Gasteiger partial charge in [0.2, 0.25) is 0 Å². The van der Waals surface area contributed by atoms with Crippen molar-refractivity contribution in [3.05, 3.63) is 89.4 Å². The SMILES string of the molecule is Cc1cc2ncccc2cc1C(F)c1nnc2ccc(-c3cccc(C#N)c3)nn12. The summed E-state index contributed by atoms with van der Waals surface area (Å²) in [5.74, 6) is 0.106. The molecule has 144 valence electrons. The van der Waals surface area contributed by atoms with Crippen molar-refractivity contribution in [3.63, 3.8) is 0 Å². The number of nitriles is 1. The van der Waals surface area contributed by atoms with Gasteiger partial charge in [-0.05, 0) is 60.5 Å². The summed E-state index contributed by atoms with van der Waals surface area (Å²) >= 11 is 0. The van der Waals surface area contributed by atoms with E-state index in [4.69, 9.17) is 5.26 Å². The molecule has 6 nitrogen and oxygen atoms in total. The number of hydrogen-bond donors (Lipinski definition) is 0. The summed E-state index contributed by atoms with van der Waals surface area (Å²) in [7, 11) is 0.